The van der Waals surface area contributed by atoms with Crippen LogP contribution in [0.2, 0.25) is 0 Å². The molecule has 0 aromatic heterocycles. The molecule has 37 heavy (non-hydrogen) atoms. The molecule has 2 aromatic rings. The molecule has 0 N–H and O–H groups in total. The standard InChI is InChI=1S/C29H28O8/c1-15-10-18-11-20(30)24(32-3)27(33-4)29(18)13-34-26-22(29)19(12-21-25(26)36-14-35-21)23(16(15)2)37-28(31)17-8-6-5-7-9-17/h5-9,11-12,15-16,23H,10,13-14H2,1-4H3. The number of hydrogen-bond donors (Lipinski definition) is 0. The first-order valence-electron chi connectivity index (χ1n) is 12.3. The van der Waals surface area contributed by atoms with Crippen molar-refractivity contribution >= 4 is 11.8 Å². The zero-order valence-corrected chi connectivity index (χ0v) is 21.2. The number of esters is 1. The van der Waals surface area contributed by atoms with Crippen LogP contribution in [-0.2, 0) is 24.4 Å². The van der Waals surface area contributed by atoms with Gasteiger partial charge in [0.05, 0.1) is 19.8 Å². The highest BCUT2D eigenvalue weighted by Crippen LogP contribution is 2.62. The van der Waals surface area contributed by atoms with Gasteiger partial charge in [-0.2, -0.15) is 0 Å². The predicted molar refractivity (Wildman–Crippen MR) is 131 cm³/mol. The molecule has 0 fully saturated rings. The molecule has 6 rings (SSSR count). The zero-order chi connectivity index (χ0) is 25.9. The molecule has 4 aliphatic rings. The Morgan fingerprint density at radius 2 is 1.81 bits per heavy atom. The quantitative estimate of drug-likeness (QED) is 0.557. The Balaban J connectivity index is 1.62. The highest BCUT2D eigenvalue weighted by molar-refractivity contribution is 6.05. The molecule has 0 bridgehead atoms. The van der Waals surface area contributed by atoms with Crippen molar-refractivity contribution in [2.45, 2.75) is 31.8 Å². The highest BCUT2D eigenvalue weighted by Gasteiger charge is 2.58. The van der Waals surface area contributed by atoms with Gasteiger partial charge >= 0.3 is 5.97 Å². The number of carbonyl (C=O) groups excluding carboxylic acids is 2. The van der Waals surface area contributed by atoms with Gasteiger partial charge in [-0.25, -0.2) is 4.79 Å². The monoisotopic (exact) mass is 504 g/mol. The summed E-state index contributed by atoms with van der Waals surface area (Å²) < 4.78 is 35.6. The summed E-state index contributed by atoms with van der Waals surface area (Å²) in [6.07, 6.45) is 1.60. The number of ketones is 1. The molecule has 0 amide bonds. The molecule has 8 nitrogen and oxygen atoms in total. The van der Waals surface area contributed by atoms with Crippen LogP contribution in [0.15, 0.2) is 59.6 Å². The molecule has 0 saturated carbocycles. The van der Waals surface area contributed by atoms with Crippen molar-refractivity contribution in [1.29, 1.82) is 0 Å². The van der Waals surface area contributed by atoms with E-state index in [4.69, 9.17) is 28.4 Å². The van der Waals surface area contributed by atoms with E-state index < -0.39 is 17.5 Å². The van der Waals surface area contributed by atoms with Crippen molar-refractivity contribution in [3.63, 3.8) is 0 Å². The predicted octanol–water partition coefficient (Wildman–Crippen LogP) is 4.63. The number of methoxy groups -OCH3 is 2. The Morgan fingerprint density at radius 1 is 1.03 bits per heavy atom. The molecule has 4 atom stereocenters. The molecular weight excluding hydrogens is 476 g/mol. The summed E-state index contributed by atoms with van der Waals surface area (Å²) in [5, 5.41) is 0. The third-order valence-electron chi connectivity index (χ3n) is 8.06. The second kappa shape index (κ2) is 8.57. The fourth-order valence-electron chi connectivity index (χ4n) is 6.05. The fraction of sp³-hybridized carbons (Fsp3) is 0.379. The molecule has 0 saturated heterocycles. The Kier molecular flexibility index (Phi) is 5.44. The number of ether oxygens (including phenoxy) is 6. The largest absolute Gasteiger partial charge is 0.496 e. The maximum Gasteiger partial charge on any atom is 0.338 e. The van der Waals surface area contributed by atoms with E-state index >= 15 is 0 Å². The van der Waals surface area contributed by atoms with E-state index in [1.54, 1.807) is 30.3 Å². The minimum atomic E-state index is -0.939. The second-order valence-electron chi connectivity index (χ2n) is 9.93. The summed E-state index contributed by atoms with van der Waals surface area (Å²) in [6.45, 7) is 4.40. The van der Waals surface area contributed by atoms with E-state index in [-0.39, 0.29) is 36.8 Å². The topological polar surface area (TPSA) is 89.5 Å². The minimum absolute atomic E-state index is 0.0503. The van der Waals surface area contributed by atoms with Gasteiger partial charge in [-0.15, -0.1) is 0 Å². The van der Waals surface area contributed by atoms with E-state index in [0.717, 1.165) is 16.7 Å². The number of hydrogen-bond acceptors (Lipinski definition) is 8. The van der Waals surface area contributed by atoms with Crippen molar-refractivity contribution in [2.24, 2.45) is 11.8 Å². The summed E-state index contributed by atoms with van der Waals surface area (Å²) in [5.74, 6) is 1.34. The fourth-order valence-corrected chi connectivity index (χ4v) is 6.05. The van der Waals surface area contributed by atoms with Crippen LogP contribution in [0, 0.1) is 11.8 Å². The van der Waals surface area contributed by atoms with Gasteiger partial charge in [-0.3, -0.25) is 4.79 Å². The lowest BCUT2D eigenvalue weighted by Gasteiger charge is -2.42. The molecule has 0 radical (unpaired) electrons. The Hall–Kier alpha value is -3.94. The first-order valence-corrected chi connectivity index (χ1v) is 12.3. The Bertz CT molecular complexity index is 1360. The van der Waals surface area contributed by atoms with Crippen LogP contribution in [0.4, 0.5) is 0 Å². The molecule has 192 valence electrons. The average Bonchev–Trinajstić information content (AvgIpc) is 3.53. The van der Waals surface area contributed by atoms with Crippen LogP contribution in [-0.4, -0.2) is 39.4 Å². The SMILES string of the molecule is COC1=C(OC)C23COc4c5c(cc(c42)C(OC(=O)c2ccccc2)C(C)C(C)CC3=CC1=O)OCO5. The van der Waals surface area contributed by atoms with Gasteiger partial charge in [-0.1, -0.05) is 32.0 Å². The lowest BCUT2D eigenvalue weighted by Crippen LogP contribution is -2.42. The van der Waals surface area contributed by atoms with Gasteiger partial charge in [-0.05, 0) is 42.2 Å². The molecule has 2 aliphatic carbocycles. The Labute approximate surface area is 214 Å². The van der Waals surface area contributed by atoms with Gasteiger partial charge in [0.2, 0.25) is 24.1 Å². The number of benzene rings is 2. The average molecular weight is 505 g/mol. The van der Waals surface area contributed by atoms with E-state index in [1.807, 2.05) is 12.1 Å². The Morgan fingerprint density at radius 3 is 2.54 bits per heavy atom. The number of allylic oxidation sites excluding steroid dienone is 1. The molecular formula is C29H28O8. The first-order chi connectivity index (χ1) is 17.9. The zero-order valence-electron chi connectivity index (χ0n) is 21.2. The molecule has 8 heteroatoms. The van der Waals surface area contributed by atoms with Crippen molar-refractivity contribution in [2.75, 3.05) is 27.6 Å². The lowest BCUT2D eigenvalue weighted by atomic mass is 9.62. The molecule has 4 unspecified atom stereocenters. The summed E-state index contributed by atoms with van der Waals surface area (Å²) >= 11 is 0. The molecule has 1 spiro atoms. The van der Waals surface area contributed by atoms with Gasteiger partial charge < -0.3 is 28.4 Å². The number of fused-ring (bicyclic) bond motifs is 2. The number of carbonyl (C=O) groups is 2. The second-order valence-corrected chi connectivity index (χ2v) is 9.93. The summed E-state index contributed by atoms with van der Waals surface area (Å²) in [7, 11) is 2.98. The van der Waals surface area contributed by atoms with Gasteiger partial charge in [0, 0.05) is 17.0 Å². The van der Waals surface area contributed by atoms with Crippen LogP contribution in [0.5, 0.6) is 17.2 Å². The molecule has 2 aromatic carbocycles. The molecule has 2 heterocycles. The first kappa shape index (κ1) is 23.5. The van der Waals surface area contributed by atoms with Crippen LogP contribution in [0.25, 0.3) is 0 Å². The lowest BCUT2D eigenvalue weighted by molar-refractivity contribution is -0.115. The third-order valence-corrected chi connectivity index (χ3v) is 8.06. The van der Waals surface area contributed by atoms with Crippen LogP contribution in [0.3, 0.4) is 0 Å². The van der Waals surface area contributed by atoms with Crippen LogP contribution >= 0.6 is 0 Å². The minimum Gasteiger partial charge on any atom is -0.496 e. The van der Waals surface area contributed by atoms with Gasteiger partial charge in [0.15, 0.2) is 17.3 Å². The van der Waals surface area contributed by atoms with Crippen molar-refractivity contribution in [3.8, 4) is 17.2 Å². The van der Waals surface area contributed by atoms with E-state index in [1.165, 1.54) is 14.2 Å². The van der Waals surface area contributed by atoms with Crippen LogP contribution in [0.1, 0.15) is 47.9 Å². The van der Waals surface area contributed by atoms with E-state index in [9.17, 15) is 9.59 Å². The van der Waals surface area contributed by atoms with E-state index in [0.29, 0.717) is 35.0 Å². The molecule has 2 aliphatic heterocycles. The normalized spacial score (nSPS) is 27.3. The highest BCUT2D eigenvalue weighted by atomic mass is 16.7. The summed E-state index contributed by atoms with van der Waals surface area (Å²) in [4.78, 5) is 26.4. The van der Waals surface area contributed by atoms with Crippen LogP contribution < -0.4 is 14.2 Å². The van der Waals surface area contributed by atoms with E-state index in [2.05, 4.69) is 13.8 Å². The van der Waals surface area contributed by atoms with Gasteiger partial charge in [0.25, 0.3) is 0 Å². The van der Waals surface area contributed by atoms with Crippen molar-refractivity contribution in [1.82, 2.24) is 0 Å². The maximum atomic E-state index is 13.3. The third kappa shape index (κ3) is 3.27. The van der Waals surface area contributed by atoms with Crippen molar-refractivity contribution in [3.05, 3.63) is 76.3 Å². The van der Waals surface area contributed by atoms with Crippen molar-refractivity contribution < 1.29 is 38.0 Å². The summed E-state index contributed by atoms with van der Waals surface area (Å²) in [6, 6.07) is 10.8. The maximum absolute atomic E-state index is 13.3. The number of rotatable bonds is 4. The summed E-state index contributed by atoms with van der Waals surface area (Å²) in [5.41, 5.74) is 1.90. The van der Waals surface area contributed by atoms with Gasteiger partial charge in [0.1, 0.15) is 18.1 Å². The smallest absolute Gasteiger partial charge is 0.338 e.